The summed E-state index contributed by atoms with van der Waals surface area (Å²) in [5.41, 5.74) is 1.22. The zero-order valence-electron chi connectivity index (χ0n) is 16.6. The highest BCUT2D eigenvalue weighted by molar-refractivity contribution is 14.0. The lowest BCUT2D eigenvalue weighted by molar-refractivity contribution is 0.549. The van der Waals surface area contributed by atoms with Crippen LogP contribution in [0.2, 0.25) is 0 Å². The van der Waals surface area contributed by atoms with Gasteiger partial charge in [0.25, 0.3) is 0 Å². The molecule has 2 rings (SSSR count). The van der Waals surface area contributed by atoms with Crippen LogP contribution in [-0.2, 0) is 6.54 Å². The third kappa shape index (κ3) is 8.56. The van der Waals surface area contributed by atoms with Gasteiger partial charge >= 0.3 is 0 Å². The van der Waals surface area contributed by atoms with Crippen molar-refractivity contribution in [3.8, 4) is 0 Å². The lowest BCUT2D eigenvalue weighted by Crippen LogP contribution is -2.37. The molecule has 0 aliphatic carbocycles. The minimum atomic E-state index is 0. The van der Waals surface area contributed by atoms with Gasteiger partial charge in [0.05, 0.1) is 6.54 Å². The summed E-state index contributed by atoms with van der Waals surface area (Å²) in [6.45, 7) is 11.4. The molecule has 5 nitrogen and oxygen atoms in total. The monoisotopic (exact) mass is 473 g/mol. The van der Waals surface area contributed by atoms with E-state index < -0.39 is 0 Å². The number of aromatic nitrogens is 1. The highest BCUT2D eigenvalue weighted by Crippen LogP contribution is 2.18. The molecule has 1 saturated heterocycles. The van der Waals surface area contributed by atoms with E-state index in [1.54, 1.807) is 0 Å². The zero-order chi connectivity index (χ0) is 17.9. The summed E-state index contributed by atoms with van der Waals surface area (Å²) in [5.74, 6) is 2.76. The number of rotatable bonds is 8. The van der Waals surface area contributed by atoms with Crippen LogP contribution < -0.4 is 15.5 Å². The normalized spacial score (nSPS) is 14.9. The van der Waals surface area contributed by atoms with Gasteiger partial charge in [0, 0.05) is 32.4 Å². The number of nitrogens with one attached hydrogen (secondary N) is 2. The number of hydrogen-bond acceptors (Lipinski definition) is 3. The second-order valence-corrected chi connectivity index (χ2v) is 7.23. The fraction of sp³-hybridized carbons (Fsp3) is 0.700. The maximum atomic E-state index is 4.73. The minimum absolute atomic E-state index is 0. The van der Waals surface area contributed by atoms with Gasteiger partial charge in [-0.1, -0.05) is 13.8 Å². The Morgan fingerprint density at radius 1 is 1.23 bits per heavy atom. The van der Waals surface area contributed by atoms with Crippen LogP contribution in [0.4, 0.5) is 5.82 Å². The van der Waals surface area contributed by atoms with Gasteiger partial charge in [0.1, 0.15) is 5.82 Å². The molecule has 2 heterocycles. The lowest BCUT2D eigenvalue weighted by atomic mass is 10.1. The molecule has 2 N–H and O–H groups in total. The molecule has 148 valence electrons. The molecule has 1 fully saturated rings. The van der Waals surface area contributed by atoms with E-state index in [0.29, 0.717) is 6.54 Å². The van der Waals surface area contributed by atoms with Gasteiger partial charge < -0.3 is 15.5 Å². The Bertz CT molecular complexity index is 527. The number of hydrogen-bond donors (Lipinski definition) is 2. The Morgan fingerprint density at radius 2 is 2.00 bits per heavy atom. The predicted molar refractivity (Wildman–Crippen MR) is 123 cm³/mol. The van der Waals surface area contributed by atoms with Gasteiger partial charge in [0.2, 0.25) is 0 Å². The molecule has 0 saturated carbocycles. The first-order chi connectivity index (χ1) is 12.2. The van der Waals surface area contributed by atoms with Gasteiger partial charge in [-0.3, -0.25) is 0 Å². The second-order valence-electron chi connectivity index (χ2n) is 7.23. The molecule has 1 aliphatic rings. The third-order valence-corrected chi connectivity index (χ3v) is 4.50. The average Bonchev–Trinajstić information content (AvgIpc) is 2.64. The lowest BCUT2D eigenvalue weighted by Gasteiger charge is -2.27. The van der Waals surface area contributed by atoms with Crippen molar-refractivity contribution in [2.24, 2.45) is 10.9 Å². The Labute approximate surface area is 176 Å². The van der Waals surface area contributed by atoms with Crippen molar-refractivity contribution in [2.75, 3.05) is 31.1 Å². The number of halogens is 1. The van der Waals surface area contributed by atoms with E-state index in [9.17, 15) is 0 Å². The maximum Gasteiger partial charge on any atom is 0.191 e. The number of piperidine rings is 1. The quantitative estimate of drug-likeness (QED) is 0.258. The minimum Gasteiger partial charge on any atom is -0.357 e. The maximum absolute atomic E-state index is 4.73. The van der Waals surface area contributed by atoms with Crippen molar-refractivity contribution in [3.05, 3.63) is 23.9 Å². The van der Waals surface area contributed by atoms with Crippen LogP contribution in [0.1, 0.15) is 58.4 Å². The van der Waals surface area contributed by atoms with Crippen molar-refractivity contribution in [1.29, 1.82) is 0 Å². The molecule has 1 aromatic heterocycles. The molecule has 0 aromatic carbocycles. The van der Waals surface area contributed by atoms with E-state index in [1.165, 1.54) is 37.7 Å². The molecular formula is C20H36IN5. The molecule has 1 aliphatic heterocycles. The average molecular weight is 473 g/mol. The molecule has 26 heavy (non-hydrogen) atoms. The number of nitrogens with zero attached hydrogens (tertiary/aromatic N) is 3. The van der Waals surface area contributed by atoms with E-state index >= 15 is 0 Å². The van der Waals surface area contributed by atoms with Gasteiger partial charge in [-0.2, -0.15) is 0 Å². The summed E-state index contributed by atoms with van der Waals surface area (Å²) < 4.78 is 0. The van der Waals surface area contributed by atoms with Crippen LogP contribution in [0.5, 0.6) is 0 Å². The second kappa shape index (κ2) is 13.2. The first-order valence-corrected chi connectivity index (χ1v) is 9.91. The fourth-order valence-electron chi connectivity index (χ4n) is 3.08. The summed E-state index contributed by atoms with van der Waals surface area (Å²) in [7, 11) is 0. The molecule has 0 spiro atoms. The topological polar surface area (TPSA) is 52.6 Å². The van der Waals surface area contributed by atoms with Crippen LogP contribution in [0.15, 0.2) is 23.3 Å². The molecule has 1 aromatic rings. The molecule has 0 atom stereocenters. The van der Waals surface area contributed by atoms with Crippen LogP contribution in [-0.4, -0.2) is 37.1 Å². The van der Waals surface area contributed by atoms with E-state index in [2.05, 4.69) is 53.4 Å². The molecule has 0 bridgehead atoms. The largest absolute Gasteiger partial charge is 0.357 e. The van der Waals surface area contributed by atoms with Crippen LogP contribution >= 0.6 is 24.0 Å². The van der Waals surface area contributed by atoms with Gasteiger partial charge in [-0.15, -0.1) is 24.0 Å². The first-order valence-electron chi connectivity index (χ1n) is 9.91. The van der Waals surface area contributed by atoms with E-state index in [1.807, 2.05) is 6.20 Å². The third-order valence-electron chi connectivity index (χ3n) is 4.50. The predicted octanol–water partition coefficient (Wildman–Crippen LogP) is 4.18. The number of pyridine rings is 1. The SMILES string of the molecule is CCNC(=NCc1ccnc(N2CCCCC2)c1)NCCCC(C)C.I. The first kappa shape index (κ1) is 23.0. The van der Waals surface area contributed by atoms with Crippen LogP contribution in [0.25, 0.3) is 0 Å². The van der Waals surface area contributed by atoms with Crippen LogP contribution in [0.3, 0.4) is 0 Å². The Balaban J connectivity index is 0.00000338. The Hall–Kier alpha value is -1.05. The van der Waals surface area contributed by atoms with E-state index in [4.69, 9.17) is 4.99 Å². The number of aliphatic imine (C=N–C) groups is 1. The van der Waals surface area contributed by atoms with E-state index in [0.717, 1.165) is 43.9 Å². The van der Waals surface area contributed by atoms with Crippen LogP contribution in [0, 0.1) is 5.92 Å². The van der Waals surface area contributed by atoms with Crippen molar-refractivity contribution >= 4 is 35.8 Å². The fourth-order valence-corrected chi connectivity index (χ4v) is 3.08. The Morgan fingerprint density at radius 3 is 2.69 bits per heavy atom. The zero-order valence-corrected chi connectivity index (χ0v) is 19.0. The summed E-state index contributed by atoms with van der Waals surface area (Å²) >= 11 is 0. The standard InChI is InChI=1S/C20H35N5.HI/c1-4-21-20(23-11-8-9-17(2)3)24-16-18-10-12-22-19(15-18)25-13-6-5-7-14-25;/h10,12,15,17H,4-9,11,13-14,16H2,1-3H3,(H2,21,23,24);1H. The molecule has 0 amide bonds. The van der Waals surface area contributed by atoms with Crippen molar-refractivity contribution in [1.82, 2.24) is 15.6 Å². The van der Waals surface area contributed by atoms with Crippen molar-refractivity contribution < 1.29 is 0 Å². The summed E-state index contributed by atoms with van der Waals surface area (Å²) in [4.78, 5) is 11.7. The number of guanidine groups is 1. The Kier molecular flexibility index (Phi) is 11.6. The molecule has 0 radical (unpaired) electrons. The molecular weight excluding hydrogens is 437 g/mol. The highest BCUT2D eigenvalue weighted by Gasteiger charge is 2.12. The summed E-state index contributed by atoms with van der Waals surface area (Å²) in [6.07, 6.45) is 8.23. The van der Waals surface area contributed by atoms with Gasteiger partial charge in [0.15, 0.2) is 5.96 Å². The van der Waals surface area contributed by atoms with E-state index in [-0.39, 0.29) is 24.0 Å². The van der Waals surface area contributed by atoms with Crippen molar-refractivity contribution in [3.63, 3.8) is 0 Å². The highest BCUT2D eigenvalue weighted by atomic mass is 127. The van der Waals surface area contributed by atoms with Crippen molar-refractivity contribution in [2.45, 2.75) is 59.4 Å². The molecule has 0 unspecified atom stereocenters. The smallest absolute Gasteiger partial charge is 0.191 e. The molecule has 6 heteroatoms. The summed E-state index contributed by atoms with van der Waals surface area (Å²) in [5, 5.41) is 6.77. The summed E-state index contributed by atoms with van der Waals surface area (Å²) in [6, 6.07) is 4.26. The van der Waals surface area contributed by atoms with Gasteiger partial charge in [-0.05, 0) is 62.6 Å². The van der Waals surface area contributed by atoms with Gasteiger partial charge in [-0.25, -0.2) is 9.98 Å². The number of anilines is 1.